The average Bonchev–Trinajstić information content (AvgIpc) is 2.04. The summed E-state index contributed by atoms with van der Waals surface area (Å²) in [5.41, 5.74) is 0.495. The number of hydrogen-bond acceptors (Lipinski definition) is 1. The molecule has 0 saturated heterocycles. The molecule has 0 saturated carbocycles. The highest BCUT2D eigenvalue weighted by atomic mass is 19.4. The van der Waals surface area contributed by atoms with Crippen molar-refractivity contribution in [1.29, 1.82) is 0 Å². The van der Waals surface area contributed by atoms with E-state index in [9.17, 15) is 12.9 Å². The van der Waals surface area contributed by atoms with Crippen LogP contribution in [0.3, 0.4) is 0 Å². The zero-order valence-electron chi connectivity index (χ0n) is 6.83. The minimum absolute atomic E-state index is 0.357. The zero-order valence-corrected chi connectivity index (χ0v) is 6.83. The predicted molar refractivity (Wildman–Crippen MR) is 45.2 cm³/mol. The Labute approximate surface area is 74.3 Å². The SMILES string of the molecule is OC(Cc1ccccc1)[B-](F)(F)F. The van der Waals surface area contributed by atoms with E-state index in [0.29, 0.717) is 5.56 Å². The molecule has 1 unspecified atom stereocenters. The Balaban J connectivity index is 2.61. The number of hydrogen-bond donors (Lipinski definition) is 1. The summed E-state index contributed by atoms with van der Waals surface area (Å²) in [4.78, 5) is 0. The molecule has 0 aromatic heterocycles. The molecular formula is C8H9BF3O-. The molecule has 1 atom stereocenters. The largest absolute Gasteiger partial charge is 0.506 e. The van der Waals surface area contributed by atoms with Gasteiger partial charge < -0.3 is 18.1 Å². The molecule has 0 fully saturated rings. The van der Waals surface area contributed by atoms with Crippen molar-refractivity contribution in [2.45, 2.75) is 12.4 Å². The van der Waals surface area contributed by atoms with Gasteiger partial charge in [-0.3, -0.25) is 0 Å². The first kappa shape index (κ1) is 10.1. The molecule has 1 aromatic carbocycles. The summed E-state index contributed by atoms with van der Waals surface area (Å²) in [6.45, 7) is -5.14. The monoisotopic (exact) mass is 189 g/mol. The summed E-state index contributed by atoms with van der Waals surface area (Å²) < 4.78 is 35.8. The van der Waals surface area contributed by atoms with Crippen molar-refractivity contribution in [1.82, 2.24) is 0 Å². The molecule has 0 heterocycles. The molecule has 13 heavy (non-hydrogen) atoms. The van der Waals surface area contributed by atoms with Crippen molar-refractivity contribution >= 4 is 6.98 Å². The summed E-state index contributed by atoms with van der Waals surface area (Å²) in [5.74, 6) is 0. The van der Waals surface area contributed by atoms with Gasteiger partial charge in [-0.1, -0.05) is 30.3 Å². The van der Waals surface area contributed by atoms with E-state index in [1.165, 1.54) is 0 Å². The molecule has 0 radical (unpaired) electrons. The topological polar surface area (TPSA) is 20.2 Å². The maximum Gasteiger partial charge on any atom is 0.506 e. The Morgan fingerprint density at radius 2 is 1.69 bits per heavy atom. The second kappa shape index (κ2) is 3.83. The van der Waals surface area contributed by atoms with Crippen LogP contribution in [-0.4, -0.2) is 18.1 Å². The van der Waals surface area contributed by atoms with Gasteiger partial charge in [-0.05, 0) is 12.0 Å². The highest BCUT2D eigenvalue weighted by molar-refractivity contribution is 6.59. The predicted octanol–water partition coefficient (Wildman–Crippen LogP) is 1.98. The average molecular weight is 189 g/mol. The fourth-order valence-electron chi connectivity index (χ4n) is 0.989. The fourth-order valence-corrected chi connectivity index (χ4v) is 0.989. The molecule has 1 N–H and O–H groups in total. The third-order valence-corrected chi connectivity index (χ3v) is 1.72. The lowest BCUT2D eigenvalue weighted by molar-refractivity contribution is 0.193. The molecule has 1 nitrogen and oxygen atoms in total. The van der Waals surface area contributed by atoms with Gasteiger partial charge in [0.1, 0.15) is 0 Å². The highest BCUT2D eigenvalue weighted by Gasteiger charge is 2.33. The van der Waals surface area contributed by atoms with Crippen molar-refractivity contribution in [2.24, 2.45) is 0 Å². The Morgan fingerprint density at radius 3 is 2.15 bits per heavy atom. The van der Waals surface area contributed by atoms with Crippen LogP contribution in [0.1, 0.15) is 5.56 Å². The number of benzene rings is 1. The van der Waals surface area contributed by atoms with Gasteiger partial charge in [-0.2, -0.15) is 0 Å². The van der Waals surface area contributed by atoms with E-state index < -0.39 is 13.0 Å². The van der Waals surface area contributed by atoms with E-state index in [1.807, 2.05) is 0 Å². The van der Waals surface area contributed by atoms with Gasteiger partial charge in [0.15, 0.2) is 0 Å². The molecule has 0 aliphatic rings. The van der Waals surface area contributed by atoms with Crippen LogP contribution in [0.15, 0.2) is 30.3 Å². The molecule has 72 valence electrons. The van der Waals surface area contributed by atoms with Crippen molar-refractivity contribution < 1.29 is 18.1 Å². The minimum atomic E-state index is -5.14. The van der Waals surface area contributed by atoms with E-state index in [0.717, 1.165) is 0 Å². The van der Waals surface area contributed by atoms with E-state index in [2.05, 4.69) is 0 Å². The first-order valence-corrected chi connectivity index (χ1v) is 3.92. The van der Waals surface area contributed by atoms with Gasteiger partial charge in [0, 0.05) is 6.00 Å². The maximum atomic E-state index is 11.9. The summed E-state index contributed by atoms with van der Waals surface area (Å²) in [5, 5.41) is 8.74. The smallest absolute Gasteiger partial charge is 0.447 e. The normalized spacial score (nSPS) is 14.2. The van der Waals surface area contributed by atoms with Gasteiger partial charge in [-0.25, -0.2) is 0 Å². The lowest BCUT2D eigenvalue weighted by Crippen LogP contribution is -2.36. The third-order valence-electron chi connectivity index (χ3n) is 1.72. The van der Waals surface area contributed by atoms with E-state index in [-0.39, 0.29) is 6.42 Å². The third kappa shape index (κ3) is 3.10. The maximum absolute atomic E-state index is 11.9. The van der Waals surface area contributed by atoms with Crippen molar-refractivity contribution in [3.8, 4) is 0 Å². The number of aliphatic hydroxyl groups is 1. The number of rotatable bonds is 3. The van der Waals surface area contributed by atoms with Crippen LogP contribution in [-0.2, 0) is 6.42 Å². The van der Waals surface area contributed by atoms with E-state index in [1.54, 1.807) is 30.3 Å². The summed E-state index contributed by atoms with van der Waals surface area (Å²) in [6.07, 6.45) is -0.357. The minimum Gasteiger partial charge on any atom is -0.447 e. The van der Waals surface area contributed by atoms with Crippen LogP contribution in [0.2, 0.25) is 0 Å². The van der Waals surface area contributed by atoms with Crippen molar-refractivity contribution in [3.05, 3.63) is 35.9 Å². The van der Waals surface area contributed by atoms with Gasteiger partial charge >= 0.3 is 6.98 Å². The molecule has 0 bridgehead atoms. The van der Waals surface area contributed by atoms with Crippen LogP contribution in [0, 0.1) is 0 Å². The van der Waals surface area contributed by atoms with Gasteiger partial charge in [-0.15, -0.1) is 0 Å². The second-order valence-corrected chi connectivity index (χ2v) is 2.88. The lowest BCUT2D eigenvalue weighted by Gasteiger charge is -2.21. The van der Waals surface area contributed by atoms with Crippen LogP contribution >= 0.6 is 0 Å². The Morgan fingerprint density at radius 1 is 1.15 bits per heavy atom. The molecule has 0 aliphatic heterocycles. The first-order valence-electron chi connectivity index (χ1n) is 3.92. The van der Waals surface area contributed by atoms with E-state index >= 15 is 0 Å². The van der Waals surface area contributed by atoms with Crippen LogP contribution < -0.4 is 0 Å². The second-order valence-electron chi connectivity index (χ2n) is 2.88. The van der Waals surface area contributed by atoms with E-state index in [4.69, 9.17) is 5.11 Å². The summed E-state index contributed by atoms with van der Waals surface area (Å²) in [6, 6.07) is 5.92. The standard InChI is InChI=1S/C8H9BF3O/c10-9(11,12)8(13)6-7-4-2-1-3-5-7/h1-5,8,13H,6H2/q-1. The fraction of sp³-hybridized carbons (Fsp3) is 0.250. The van der Waals surface area contributed by atoms with Crippen LogP contribution in [0.4, 0.5) is 12.9 Å². The molecule has 5 heteroatoms. The highest BCUT2D eigenvalue weighted by Crippen LogP contribution is 2.17. The first-order chi connectivity index (χ1) is 6.00. The van der Waals surface area contributed by atoms with Crippen molar-refractivity contribution in [2.75, 3.05) is 0 Å². The van der Waals surface area contributed by atoms with Gasteiger partial charge in [0.05, 0.1) is 0 Å². The Bertz CT molecular complexity index is 260. The number of aliphatic hydroxyl groups excluding tert-OH is 1. The Hall–Kier alpha value is -0.965. The molecule has 0 aliphatic carbocycles. The zero-order chi connectivity index (χ0) is 9.90. The summed E-state index contributed by atoms with van der Waals surface area (Å²) >= 11 is 0. The molecular weight excluding hydrogens is 180 g/mol. The van der Waals surface area contributed by atoms with Crippen LogP contribution in [0.25, 0.3) is 0 Å². The Kier molecular flexibility index (Phi) is 2.98. The molecule has 0 spiro atoms. The van der Waals surface area contributed by atoms with Gasteiger partial charge in [0.25, 0.3) is 0 Å². The summed E-state index contributed by atoms with van der Waals surface area (Å²) in [7, 11) is 0. The van der Waals surface area contributed by atoms with Gasteiger partial charge in [0.2, 0.25) is 0 Å². The molecule has 0 amide bonds. The quantitative estimate of drug-likeness (QED) is 0.720. The molecule has 1 rings (SSSR count). The van der Waals surface area contributed by atoms with Crippen LogP contribution in [0.5, 0.6) is 0 Å². The number of halogens is 3. The van der Waals surface area contributed by atoms with Crippen molar-refractivity contribution in [3.63, 3.8) is 0 Å². The lowest BCUT2D eigenvalue weighted by atomic mass is 9.78. The molecule has 1 aromatic rings.